The molecule has 2 fully saturated rings. The summed E-state index contributed by atoms with van der Waals surface area (Å²) in [4.78, 5) is 14.2. The molecule has 2 heterocycles. The summed E-state index contributed by atoms with van der Waals surface area (Å²) in [6, 6.07) is 10.4. The number of hydrogen-bond donors (Lipinski definition) is 1. The lowest BCUT2D eigenvalue weighted by Crippen LogP contribution is -2.61. The van der Waals surface area contributed by atoms with Gasteiger partial charge in [-0.2, -0.15) is 0 Å². The minimum atomic E-state index is -0.923. The van der Waals surface area contributed by atoms with E-state index >= 15 is 0 Å². The molecule has 21 heavy (non-hydrogen) atoms. The first-order chi connectivity index (χ1) is 10.0. The molecule has 0 saturated carbocycles. The lowest BCUT2D eigenvalue weighted by atomic mass is 9.69. The molecule has 3 rings (SSSR count). The Labute approximate surface area is 127 Å². The fourth-order valence-electron chi connectivity index (χ4n) is 4.42. The molecule has 2 aliphatic heterocycles. The van der Waals surface area contributed by atoms with E-state index in [9.17, 15) is 9.90 Å². The molecular formula is C18H25NO2. The van der Waals surface area contributed by atoms with Crippen molar-refractivity contribution in [1.82, 2.24) is 4.90 Å². The zero-order valence-electron chi connectivity index (χ0n) is 13.0. The van der Waals surface area contributed by atoms with Gasteiger partial charge in [0.05, 0.1) is 6.04 Å². The molecule has 0 amide bonds. The number of Topliss-reactive ketones (excluding diaryl/α,β-unsaturated/α-hetero) is 1. The Kier molecular flexibility index (Phi) is 3.89. The molecule has 1 N–H and O–H groups in total. The van der Waals surface area contributed by atoms with Gasteiger partial charge in [0.2, 0.25) is 0 Å². The maximum Gasteiger partial charge on any atom is 0.131 e. The number of aliphatic hydroxyl groups is 1. The van der Waals surface area contributed by atoms with Gasteiger partial charge in [-0.15, -0.1) is 0 Å². The zero-order valence-corrected chi connectivity index (χ0v) is 13.0. The first-order valence-corrected chi connectivity index (χ1v) is 8.06. The van der Waals surface area contributed by atoms with Gasteiger partial charge in [0.1, 0.15) is 11.4 Å². The van der Waals surface area contributed by atoms with Crippen LogP contribution in [-0.2, 0) is 10.4 Å². The highest BCUT2D eigenvalue weighted by Gasteiger charge is 2.53. The molecule has 2 saturated heterocycles. The first-order valence-electron chi connectivity index (χ1n) is 8.06. The fourth-order valence-corrected chi connectivity index (χ4v) is 4.42. The Morgan fingerprint density at radius 2 is 2.10 bits per heavy atom. The van der Waals surface area contributed by atoms with Crippen molar-refractivity contribution in [3.05, 3.63) is 35.9 Å². The van der Waals surface area contributed by atoms with Gasteiger partial charge in [-0.05, 0) is 44.2 Å². The van der Waals surface area contributed by atoms with E-state index in [0.717, 1.165) is 18.5 Å². The van der Waals surface area contributed by atoms with Crippen molar-refractivity contribution in [2.24, 2.45) is 5.92 Å². The van der Waals surface area contributed by atoms with E-state index in [1.807, 2.05) is 30.3 Å². The van der Waals surface area contributed by atoms with Crippen LogP contribution in [0.4, 0.5) is 0 Å². The number of piperidine rings is 1. The molecule has 0 spiro atoms. The second-order valence-corrected chi connectivity index (χ2v) is 6.78. The van der Waals surface area contributed by atoms with E-state index < -0.39 is 5.60 Å². The standard InChI is InChI=1S/C18H25NO2/c1-13-11-16-9-6-10-19(16)17(12-14(2)20)18(13,21)15-7-4-3-5-8-15/h3-5,7-8,13,16-17,21H,6,9-12H2,1-2H3/t13-,16+,17+,18+/m0/s1. The van der Waals surface area contributed by atoms with E-state index in [0.29, 0.717) is 12.5 Å². The monoisotopic (exact) mass is 287 g/mol. The Morgan fingerprint density at radius 3 is 2.76 bits per heavy atom. The zero-order chi connectivity index (χ0) is 15.0. The first kappa shape index (κ1) is 14.7. The van der Waals surface area contributed by atoms with Crippen molar-refractivity contribution in [3.8, 4) is 0 Å². The summed E-state index contributed by atoms with van der Waals surface area (Å²) in [6.45, 7) is 4.77. The maximum absolute atomic E-state index is 11.8. The van der Waals surface area contributed by atoms with Crippen LogP contribution < -0.4 is 0 Å². The van der Waals surface area contributed by atoms with Crippen molar-refractivity contribution in [2.75, 3.05) is 6.54 Å². The SMILES string of the molecule is CC(=O)C[C@H]1N2CCC[C@@H]2C[C@H](C)[C@@]1(O)c1ccccc1. The van der Waals surface area contributed by atoms with E-state index in [2.05, 4.69) is 11.8 Å². The van der Waals surface area contributed by atoms with Crippen molar-refractivity contribution >= 4 is 5.78 Å². The third-order valence-corrected chi connectivity index (χ3v) is 5.42. The Hall–Kier alpha value is -1.19. The van der Waals surface area contributed by atoms with E-state index in [4.69, 9.17) is 0 Å². The third kappa shape index (κ3) is 2.43. The normalized spacial score (nSPS) is 36.4. The second-order valence-electron chi connectivity index (χ2n) is 6.78. The third-order valence-electron chi connectivity index (χ3n) is 5.42. The molecule has 4 atom stereocenters. The molecule has 0 unspecified atom stereocenters. The number of benzene rings is 1. The molecule has 0 bridgehead atoms. The second kappa shape index (κ2) is 5.54. The van der Waals surface area contributed by atoms with Crippen LogP contribution in [-0.4, -0.2) is 34.4 Å². The van der Waals surface area contributed by atoms with Crippen LogP contribution in [0.5, 0.6) is 0 Å². The fraction of sp³-hybridized carbons (Fsp3) is 0.611. The van der Waals surface area contributed by atoms with Crippen LogP contribution in [0.2, 0.25) is 0 Å². The largest absolute Gasteiger partial charge is 0.383 e. The highest BCUT2D eigenvalue weighted by Crippen LogP contribution is 2.47. The van der Waals surface area contributed by atoms with Gasteiger partial charge in [-0.3, -0.25) is 9.69 Å². The molecule has 1 aromatic carbocycles. The Morgan fingerprint density at radius 1 is 1.38 bits per heavy atom. The summed E-state index contributed by atoms with van der Waals surface area (Å²) in [7, 11) is 0. The van der Waals surface area contributed by atoms with Crippen molar-refractivity contribution in [3.63, 3.8) is 0 Å². The van der Waals surface area contributed by atoms with Gasteiger partial charge in [0, 0.05) is 12.5 Å². The number of carbonyl (C=O) groups is 1. The van der Waals surface area contributed by atoms with Crippen LogP contribution in [0.15, 0.2) is 30.3 Å². The van der Waals surface area contributed by atoms with E-state index in [1.54, 1.807) is 6.92 Å². The van der Waals surface area contributed by atoms with Crippen LogP contribution >= 0.6 is 0 Å². The summed E-state index contributed by atoms with van der Waals surface area (Å²) in [5.74, 6) is 0.331. The Balaban J connectivity index is 2.03. The molecule has 3 heteroatoms. The molecule has 0 aliphatic carbocycles. The van der Waals surface area contributed by atoms with Crippen molar-refractivity contribution in [1.29, 1.82) is 0 Å². The van der Waals surface area contributed by atoms with Gasteiger partial charge >= 0.3 is 0 Å². The van der Waals surface area contributed by atoms with Crippen LogP contribution in [0.25, 0.3) is 0 Å². The van der Waals surface area contributed by atoms with Crippen LogP contribution in [0, 0.1) is 5.92 Å². The summed E-state index contributed by atoms with van der Waals surface area (Å²) >= 11 is 0. The maximum atomic E-state index is 11.8. The number of ketones is 1. The molecule has 0 aromatic heterocycles. The van der Waals surface area contributed by atoms with E-state index in [-0.39, 0.29) is 17.7 Å². The molecule has 114 valence electrons. The summed E-state index contributed by atoms with van der Waals surface area (Å²) in [6.07, 6.45) is 3.83. The summed E-state index contributed by atoms with van der Waals surface area (Å²) in [5.41, 5.74) is 0.0300. The number of rotatable bonds is 3. The van der Waals surface area contributed by atoms with Crippen LogP contribution in [0.1, 0.15) is 45.1 Å². The number of hydrogen-bond acceptors (Lipinski definition) is 3. The lowest BCUT2D eigenvalue weighted by Gasteiger charge is -2.52. The van der Waals surface area contributed by atoms with Crippen molar-refractivity contribution < 1.29 is 9.90 Å². The summed E-state index contributed by atoms with van der Waals surface area (Å²) in [5, 5.41) is 11.6. The topological polar surface area (TPSA) is 40.5 Å². The average Bonchev–Trinajstić information content (AvgIpc) is 2.92. The quantitative estimate of drug-likeness (QED) is 0.929. The average molecular weight is 287 g/mol. The smallest absolute Gasteiger partial charge is 0.131 e. The van der Waals surface area contributed by atoms with Gasteiger partial charge in [-0.1, -0.05) is 37.3 Å². The van der Waals surface area contributed by atoms with Gasteiger partial charge in [0.15, 0.2) is 0 Å². The highest BCUT2D eigenvalue weighted by molar-refractivity contribution is 5.76. The van der Waals surface area contributed by atoms with Gasteiger partial charge in [-0.25, -0.2) is 0 Å². The predicted molar refractivity (Wildman–Crippen MR) is 82.9 cm³/mol. The number of nitrogens with zero attached hydrogens (tertiary/aromatic N) is 1. The minimum Gasteiger partial charge on any atom is -0.383 e. The highest BCUT2D eigenvalue weighted by atomic mass is 16.3. The van der Waals surface area contributed by atoms with E-state index in [1.165, 1.54) is 12.8 Å². The molecular weight excluding hydrogens is 262 g/mol. The van der Waals surface area contributed by atoms with Gasteiger partial charge < -0.3 is 5.11 Å². The van der Waals surface area contributed by atoms with Crippen LogP contribution in [0.3, 0.4) is 0 Å². The number of fused-ring (bicyclic) bond motifs is 1. The molecule has 2 aliphatic rings. The lowest BCUT2D eigenvalue weighted by molar-refractivity contribution is -0.145. The minimum absolute atomic E-state index is 0.0892. The molecule has 1 aromatic rings. The van der Waals surface area contributed by atoms with Gasteiger partial charge in [0.25, 0.3) is 0 Å². The summed E-state index contributed by atoms with van der Waals surface area (Å²) < 4.78 is 0. The Bertz CT molecular complexity index is 515. The number of carbonyl (C=O) groups excluding carboxylic acids is 1. The predicted octanol–water partition coefficient (Wildman–Crippen LogP) is 2.73. The molecule has 0 radical (unpaired) electrons. The molecule has 3 nitrogen and oxygen atoms in total. The van der Waals surface area contributed by atoms with Crippen molar-refractivity contribution in [2.45, 2.75) is 57.2 Å².